The van der Waals surface area contributed by atoms with Crippen LogP contribution in [0.25, 0.3) is 16.9 Å². The largest absolute Gasteiger partial charge is 0.496 e. The number of carboxylic acid groups (broad SMARTS) is 3. The second kappa shape index (κ2) is 30.0. The highest BCUT2D eigenvalue weighted by Crippen LogP contribution is 2.49. The molecule has 3 amide bonds. The summed E-state index contributed by atoms with van der Waals surface area (Å²) in [5.41, 5.74) is 1.56. The molecule has 4 unspecified atom stereocenters. The predicted octanol–water partition coefficient (Wildman–Crippen LogP) is 4.30. The van der Waals surface area contributed by atoms with Crippen LogP contribution in [0.4, 0.5) is 0 Å². The summed E-state index contributed by atoms with van der Waals surface area (Å²) in [5, 5.41) is 37.8. The minimum absolute atomic E-state index is 0.0365. The number of methoxy groups -OCH3 is 2. The van der Waals surface area contributed by atoms with Gasteiger partial charge in [-0.05, 0) is 131 Å². The number of nitrogens with one attached hydrogen (secondary N) is 1. The van der Waals surface area contributed by atoms with Gasteiger partial charge >= 0.3 is 17.9 Å². The molecule has 3 aromatic rings. The molecule has 6 rings (SSSR count). The minimum Gasteiger partial charge on any atom is -0.496 e. The Kier molecular flexibility index (Phi) is 23.6. The Morgan fingerprint density at radius 1 is 0.753 bits per heavy atom. The molecule has 446 valence electrons. The van der Waals surface area contributed by atoms with Crippen molar-refractivity contribution in [1.29, 1.82) is 0 Å². The normalized spacial score (nSPS) is 20.7. The molecule has 22 heteroatoms. The second-order valence-corrected chi connectivity index (χ2v) is 22.7. The molecule has 4 N–H and O–H groups in total. The van der Waals surface area contributed by atoms with Gasteiger partial charge in [0.1, 0.15) is 23.3 Å². The van der Waals surface area contributed by atoms with E-state index in [-0.39, 0.29) is 55.5 Å². The molecule has 2 saturated carbocycles. The van der Waals surface area contributed by atoms with Gasteiger partial charge in [-0.15, -0.1) is 0 Å². The van der Waals surface area contributed by atoms with Crippen LogP contribution in [-0.2, 0) is 24.0 Å². The Bertz CT molecular complexity index is 2630. The van der Waals surface area contributed by atoms with E-state index < -0.39 is 29.4 Å². The molecule has 2 aromatic carbocycles. The van der Waals surface area contributed by atoms with E-state index in [0.29, 0.717) is 144 Å². The number of likely N-dealkylation sites (N-methyl/N-ethyl adjacent to an activating group) is 1. The van der Waals surface area contributed by atoms with Crippen LogP contribution in [0, 0.1) is 17.8 Å². The zero-order valence-electron chi connectivity index (χ0n) is 48.9. The van der Waals surface area contributed by atoms with Crippen LogP contribution in [-0.4, -0.2) is 247 Å². The number of carbonyl (C=O) groups excluding carboxylic acids is 4. The Morgan fingerprint density at radius 2 is 1.32 bits per heavy atom. The summed E-state index contributed by atoms with van der Waals surface area (Å²) in [5.74, 6) is -2.30. The van der Waals surface area contributed by atoms with Crippen molar-refractivity contribution < 1.29 is 58.4 Å². The van der Waals surface area contributed by atoms with Crippen LogP contribution in [0.5, 0.6) is 11.5 Å². The lowest BCUT2D eigenvalue weighted by Crippen LogP contribution is -2.62. The van der Waals surface area contributed by atoms with Crippen molar-refractivity contribution in [2.75, 3.05) is 140 Å². The Morgan fingerprint density at radius 3 is 1.85 bits per heavy atom. The lowest BCUT2D eigenvalue weighted by atomic mass is 9.59. The summed E-state index contributed by atoms with van der Waals surface area (Å²) in [6, 6.07) is 12.5. The first-order chi connectivity index (χ1) is 38.7. The average molecular weight is 1130 g/mol. The van der Waals surface area contributed by atoms with Crippen molar-refractivity contribution in [1.82, 2.24) is 49.4 Å². The van der Waals surface area contributed by atoms with Crippen LogP contribution >= 0.6 is 0 Å². The van der Waals surface area contributed by atoms with Crippen molar-refractivity contribution in [2.24, 2.45) is 17.8 Å². The Hall–Kier alpha value is -6.46. The summed E-state index contributed by atoms with van der Waals surface area (Å²) in [6.07, 6.45) is 6.87. The van der Waals surface area contributed by atoms with Crippen molar-refractivity contribution in [3.8, 4) is 28.4 Å². The fourth-order valence-corrected chi connectivity index (χ4v) is 12.0. The summed E-state index contributed by atoms with van der Waals surface area (Å²) in [6.45, 7) is 11.7. The molecular weight excluding hydrogens is 1040 g/mol. The number of rotatable bonds is 26. The highest BCUT2D eigenvalue weighted by atomic mass is 16.5. The molecule has 0 spiro atoms. The van der Waals surface area contributed by atoms with E-state index >= 15 is 0 Å². The zero-order chi connectivity index (χ0) is 59.0. The highest BCUT2D eigenvalue weighted by molar-refractivity contribution is 5.98. The van der Waals surface area contributed by atoms with E-state index in [2.05, 4.69) is 17.1 Å². The molecule has 81 heavy (non-hydrogen) atoms. The number of carbonyl (C=O) groups is 7. The summed E-state index contributed by atoms with van der Waals surface area (Å²) in [4.78, 5) is 103. The van der Waals surface area contributed by atoms with Gasteiger partial charge in [0.25, 0.3) is 11.8 Å². The number of aliphatic carboxylic acids is 3. The number of hydrogen-bond acceptors (Lipinski definition) is 15. The molecular formula is C59H88N10O12. The minimum atomic E-state index is -1.42. The summed E-state index contributed by atoms with van der Waals surface area (Å²) >= 11 is 0. The molecule has 1 aliphatic heterocycles. The number of aldehydes is 1. The third kappa shape index (κ3) is 17.1. The van der Waals surface area contributed by atoms with Gasteiger partial charge in [-0.1, -0.05) is 33.3 Å². The molecule has 2 aliphatic carbocycles. The van der Waals surface area contributed by atoms with E-state index in [1.54, 1.807) is 82.9 Å². The molecule has 2 bridgehead atoms. The first-order valence-corrected chi connectivity index (χ1v) is 28.7. The topological polar surface area (TPSA) is 251 Å². The van der Waals surface area contributed by atoms with Crippen LogP contribution < -0.4 is 14.8 Å². The summed E-state index contributed by atoms with van der Waals surface area (Å²) < 4.78 is 13.3. The van der Waals surface area contributed by atoms with E-state index in [1.165, 1.54) is 0 Å². The lowest BCUT2D eigenvalue weighted by molar-refractivity contribution is -0.151. The van der Waals surface area contributed by atoms with Crippen molar-refractivity contribution in [3.63, 3.8) is 0 Å². The van der Waals surface area contributed by atoms with Crippen molar-refractivity contribution >= 4 is 41.9 Å². The third-order valence-electron chi connectivity index (χ3n) is 16.8. The highest BCUT2D eigenvalue weighted by Gasteiger charge is 2.53. The monoisotopic (exact) mass is 1130 g/mol. The quantitative estimate of drug-likeness (QED) is 0.0818. The zero-order valence-corrected chi connectivity index (χ0v) is 48.9. The van der Waals surface area contributed by atoms with Gasteiger partial charge in [-0.25, -0.2) is 9.48 Å². The van der Waals surface area contributed by atoms with Gasteiger partial charge < -0.3 is 49.6 Å². The number of nitrogens with zero attached hydrogens (tertiary/aromatic N) is 9. The molecule has 4 atom stereocenters. The predicted molar refractivity (Wildman–Crippen MR) is 306 cm³/mol. The van der Waals surface area contributed by atoms with E-state index in [9.17, 15) is 48.9 Å². The number of fused-ring (bicyclic) bond motifs is 2. The molecule has 3 fully saturated rings. The van der Waals surface area contributed by atoms with Gasteiger partial charge in [0, 0.05) is 85.1 Å². The molecule has 3 aliphatic rings. The van der Waals surface area contributed by atoms with E-state index in [0.717, 1.165) is 44.0 Å². The standard InChI is InChI=1S/C59H88N10O12/c1-9-42-33-43-17-18-59(58(78)79,45(34-42)35-43)60-56(76)47-37-49(55-50(80-7)13-10-14-51(55)81-8)69(61-47)48-16-15-44(36-46(48)41(2)3)57(77)64(6)22-12-20-62(4)19-11-21-63(5)52(71)38-66-25-23-65(31-32-70)24-26-67(39-53(72)73)29-30-68(28-27-66)40-54(74)75/h10,13-16,32,36-37,41-43,45H,9,11-12,17-31,33-35,38-40H2,1-8H3,(H,60,76)(H,72,73)(H,74,75)(H,78,79). The number of ether oxygens (including phenoxy) is 2. The number of benzene rings is 2. The van der Waals surface area contributed by atoms with Crippen molar-refractivity contribution in [2.45, 2.75) is 83.6 Å². The molecule has 0 radical (unpaired) electrons. The number of hydrogen-bond donors (Lipinski definition) is 4. The molecule has 1 saturated heterocycles. The van der Waals surface area contributed by atoms with Crippen LogP contribution in [0.3, 0.4) is 0 Å². The van der Waals surface area contributed by atoms with Gasteiger partial charge in [0.2, 0.25) is 5.91 Å². The number of aromatic nitrogens is 2. The lowest BCUT2D eigenvalue weighted by Gasteiger charge is -2.49. The smallest absolute Gasteiger partial charge is 0.329 e. The summed E-state index contributed by atoms with van der Waals surface area (Å²) in [7, 11) is 8.66. The van der Waals surface area contributed by atoms with Crippen molar-refractivity contribution in [3.05, 3.63) is 59.3 Å². The number of carboxylic acids is 3. The molecule has 22 nitrogen and oxygen atoms in total. The van der Waals surface area contributed by atoms with Crippen LogP contribution in [0.15, 0.2) is 42.5 Å². The van der Waals surface area contributed by atoms with Crippen LogP contribution in [0.1, 0.15) is 104 Å². The molecule has 2 heterocycles. The van der Waals surface area contributed by atoms with Crippen LogP contribution in [0.2, 0.25) is 0 Å². The van der Waals surface area contributed by atoms with Gasteiger partial charge in [0.05, 0.1) is 57.3 Å². The van der Waals surface area contributed by atoms with E-state index in [4.69, 9.17) is 14.6 Å². The maximum Gasteiger partial charge on any atom is 0.329 e. The Balaban J connectivity index is 1.08. The first-order valence-electron chi connectivity index (χ1n) is 28.7. The second-order valence-electron chi connectivity index (χ2n) is 22.7. The van der Waals surface area contributed by atoms with Gasteiger partial charge in [-0.2, -0.15) is 5.10 Å². The average Bonchev–Trinajstić information content (AvgIpc) is 3.55. The van der Waals surface area contributed by atoms with E-state index in [1.807, 2.05) is 42.8 Å². The first kappa shape index (κ1) is 63.7. The fraction of sp³-hybridized carbons (Fsp3) is 0.627. The molecule has 1 aromatic heterocycles. The maximum absolute atomic E-state index is 14.5. The van der Waals surface area contributed by atoms with Gasteiger partial charge in [-0.3, -0.25) is 43.6 Å². The number of amides is 3. The SMILES string of the molecule is CCC1CC2CCC(NC(=O)c3cc(-c4c(OC)cccc4OC)n(-c4ccc(C(=O)N(C)CCCN(C)CCCN(C)C(=O)CN5CCN(CC=O)CCN(CC(=O)O)CCN(CC(=O)O)CC5)cc4C(C)C)n3)(C(=O)O)C(C1)C2. The van der Waals surface area contributed by atoms with Gasteiger partial charge in [0.15, 0.2) is 5.69 Å². The fourth-order valence-electron chi connectivity index (χ4n) is 12.0. The third-order valence-corrected chi connectivity index (χ3v) is 16.8. The Labute approximate surface area is 477 Å². The maximum atomic E-state index is 14.5.